The largest absolute Gasteiger partial charge is 0.431 e. The Hall–Kier alpha value is -3.53. The fourth-order valence-corrected chi connectivity index (χ4v) is 3.03. The van der Waals surface area contributed by atoms with Crippen LogP contribution in [0.1, 0.15) is 15.9 Å². The molecule has 0 aliphatic heterocycles. The number of rotatable bonds is 6. The Labute approximate surface area is 190 Å². The summed E-state index contributed by atoms with van der Waals surface area (Å²) in [6.45, 7) is 0. The molecule has 2 aromatic heterocycles. The molecule has 0 spiro atoms. The number of hydrogen-bond acceptors (Lipinski definition) is 5. The number of carbonyl (C=O) groups is 1. The van der Waals surface area contributed by atoms with Gasteiger partial charge < -0.3 is 10.6 Å². The average Bonchev–Trinajstić information content (AvgIpc) is 2.77. The third kappa shape index (κ3) is 6.24. The van der Waals surface area contributed by atoms with Gasteiger partial charge in [-0.2, -0.15) is 13.2 Å². The van der Waals surface area contributed by atoms with Gasteiger partial charge in [0.2, 0.25) is 0 Å². The Morgan fingerprint density at radius 1 is 1.06 bits per heavy atom. The molecule has 2 N–H and O–H groups in total. The van der Waals surface area contributed by atoms with Crippen molar-refractivity contribution in [2.75, 3.05) is 17.7 Å². The molecule has 0 aliphatic carbocycles. The molecular formula is C22H17BrF3N5O. The second-order valence-corrected chi connectivity index (χ2v) is 7.34. The van der Waals surface area contributed by atoms with Gasteiger partial charge in [-0.15, -0.1) is 0 Å². The second kappa shape index (κ2) is 10.2. The van der Waals surface area contributed by atoms with Crippen molar-refractivity contribution in [2.24, 2.45) is 4.99 Å². The van der Waals surface area contributed by atoms with Gasteiger partial charge in [-0.05, 0) is 48.5 Å². The number of benzene rings is 1. The van der Waals surface area contributed by atoms with Crippen LogP contribution in [0.15, 0.2) is 88.4 Å². The van der Waals surface area contributed by atoms with E-state index in [-0.39, 0.29) is 17.2 Å². The highest BCUT2D eigenvalue weighted by atomic mass is 79.9. The number of allylic oxidation sites excluding steroid dienone is 2. The summed E-state index contributed by atoms with van der Waals surface area (Å²) in [4.78, 5) is 24.1. The lowest BCUT2D eigenvalue weighted by Crippen LogP contribution is -2.21. The van der Waals surface area contributed by atoms with Gasteiger partial charge >= 0.3 is 6.18 Å². The Kier molecular flexibility index (Phi) is 7.37. The van der Waals surface area contributed by atoms with Crippen LogP contribution in [-0.4, -0.2) is 34.8 Å². The van der Waals surface area contributed by atoms with Crippen molar-refractivity contribution >= 4 is 39.1 Å². The lowest BCUT2D eigenvalue weighted by Gasteiger charge is -2.15. The minimum absolute atomic E-state index is 0.0932. The van der Waals surface area contributed by atoms with Gasteiger partial charge in [0, 0.05) is 35.0 Å². The van der Waals surface area contributed by atoms with Crippen LogP contribution in [0.3, 0.4) is 0 Å². The van der Waals surface area contributed by atoms with Crippen LogP contribution in [0.25, 0.3) is 0 Å². The van der Waals surface area contributed by atoms with Gasteiger partial charge in [0.15, 0.2) is 0 Å². The van der Waals surface area contributed by atoms with Crippen LogP contribution in [-0.2, 0) is 0 Å². The average molecular weight is 504 g/mol. The number of pyridine rings is 2. The van der Waals surface area contributed by atoms with Crippen molar-refractivity contribution in [2.45, 2.75) is 6.18 Å². The molecule has 0 atom stereocenters. The van der Waals surface area contributed by atoms with E-state index < -0.39 is 17.8 Å². The van der Waals surface area contributed by atoms with E-state index in [0.717, 1.165) is 10.5 Å². The zero-order chi connectivity index (χ0) is 23.1. The fraction of sp³-hybridized carbons (Fsp3) is 0.0909. The highest BCUT2D eigenvalue weighted by Crippen LogP contribution is 2.28. The topological polar surface area (TPSA) is 79.3 Å². The van der Waals surface area contributed by atoms with Gasteiger partial charge in [0.25, 0.3) is 5.91 Å². The molecule has 32 heavy (non-hydrogen) atoms. The third-order valence-electron chi connectivity index (χ3n) is 4.16. The minimum atomic E-state index is -4.66. The van der Waals surface area contributed by atoms with Gasteiger partial charge in [-0.1, -0.05) is 22.0 Å². The molecule has 0 bridgehead atoms. The number of halogens is 4. The summed E-state index contributed by atoms with van der Waals surface area (Å²) in [6.07, 6.45) is 0.387. The maximum absolute atomic E-state index is 13.6. The second-order valence-electron chi connectivity index (χ2n) is 6.43. The first-order valence-electron chi connectivity index (χ1n) is 9.22. The lowest BCUT2D eigenvalue weighted by atomic mass is 10.1. The van der Waals surface area contributed by atoms with Crippen LogP contribution in [0.2, 0.25) is 0 Å². The third-order valence-corrected chi connectivity index (χ3v) is 4.65. The van der Waals surface area contributed by atoms with E-state index in [1.165, 1.54) is 37.8 Å². The van der Waals surface area contributed by atoms with Crippen LogP contribution in [0.5, 0.6) is 0 Å². The summed E-state index contributed by atoms with van der Waals surface area (Å²) in [5.41, 5.74) is 0.0452. The van der Waals surface area contributed by atoms with Crippen LogP contribution < -0.4 is 10.6 Å². The molecule has 2 heterocycles. The number of hydrogen-bond donors (Lipinski definition) is 2. The summed E-state index contributed by atoms with van der Waals surface area (Å²) in [5, 5.41) is 4.92. The Bertz CT molecular complexity index is 1150. The predicted octanol–water partition coefficient (Wildman–Crippen LogP) is 5.47. The Balaban J connectivity index is 1.77. The number of alkyl halides is 3. The molecule has 0 saturated carbocycles. The van der Waals surface area contributed by atoms with E-state index in [1.807, 2.05) is 0 Å². The van der Waals surface area contributed by atoms with Crippen LogP contribution >= 0.6 is 15.9 Å². The summed E-state index contributed by atoms with van der Waals surface area (Å²) in [5.74, 6) is -0.195. The summed E-state index contributed by atoms with van der Waals surface area (Å²) in [6, 6.07) is 12.8. The number of aromatic nitrogens is 2. The molecule has 0 saturated heterocycles. The zero-order valence-corrected chi connectivity index (χ0v) is 18.3. The van der Waals surface area contributed by atoms with Crippen LogP contribution in [0, 0.1) is 0 Å². The van der Waals surface area contributed by atoms with E-state index in [1.54, 1.807) is 36.4 Å². The van der Waals surface area contributed by atoms with Gasteiger partial charge in [0.05, 0.1) is 17.6 Å². The van der Waals surface area contributed by atoms with Crippen molar-refractivity contribution in [1.29, 1.82) is 0 Å². The normalized spacial score (nSPS) is 12.4. The predicted molar refractivity (Wildman–Crippen MR) is 121 cm³/mol. The standard InChI is InChI=1S/C22H17BrF3N5O/c1-27-18(15-5-3-9-28-12-15)11-19(22(24,25)26)30-17-7-8-20(29-13-17)31-21(32)14-4-2-6-16(23)10-14/h2-13,30H,1H3,(H,29,31,32)/b19-11-,27-18?. The first kappa shape index (κ1) is 23.1. The lowest BCUT2D eigenvalue weighted by molar-refractivity contribution is -0.0901. The maximum Gasteiger partial charge on any atom is 0.431 e. The van der Waals surface area contributed by atoms with Crippen molar-refractivity contribution in [3.8, 4) is 0 Å². The number of nitrogens with one attached hydrogen (secondary N) is 2. The van der Waals surface area contributed by atoms with Crippen LogP contribution in [0.4, 0.5) is 24.7 Å². The summed E-state index contributed by atoms with van der Waals surface area (Å²) < 4.78 is 41.6. The number of aliphatic imine (C=N–C) groups is 1. The van der Waals surface area contributed by atoms with Crippen molar-refractivity contribution in [3.63, 3.8) is 0 Å². The number of anilines is 2. The molecular weight excluding hydrogens is 487 g/mol. The highest BCUT2D eigenvalue weighted by Gasteiger charge is 2.34. The number of carbonyl (C=O) groups excluding carboxylic acids is 1. The zero-order valence-electron chi connectivity index (χ0n) is 16.7. The molecule has 1 amide bonds. The van der Waals surface area contributed by atoms with E-state index in [4.69, 9.17) is 0 Å². The first-order valence-corrected chi connectivity index (χ1v) is 10.0. The molecule has 10 heteroatoms. The molecule has 0 unspecified atom stereocenters. The molecule has 0 fully saturated rings. The molecule has 1 aromatic carbocycles. The summed E-state index contributed by atoms with van der Waals surface area (Å²) in [7, 11) is 1.40. The van der Waals surface area contributed by atoms with Crippen molar-refractivity contribution < 1.29 is 18.0 Å². The molecule has 6 nitrogen and oxygen atoms in total. The van der Waals surface area contributed by atoms with E-state index in [2.05, 4.69) is 41.5 Å². The van der Waals surface area contributed by atoms with Crippen molar-refractivity contribution in [1.82, 2.24) is 9.97 Å². The van der Waals surface area contributed by atoms with E-state index in [9.17, 15) is 18.0 Å². The minimum Gasteiger partial charge on any atom is -0.350 e. The Morgan fingerprint density at radius 2 is 1.84 bits per heavy atom. The number of amides is 1. The van der Waals surface area contributed by atoms with Gasteiger partial charge in [0.1, 0.15) is 11.5 Å². The van der Waals surface area contributed by atoms with Gasteiger partial charge in [-0.25, -0.2) is 4.98 Å². The highest BCUT2D eigenvalue weighted by molar-refractivity contribution is 9.10. The fourth-order valence-electron chi connectivity index (χ4n) is 2.63. The number of nitrogens with zero attached hydrogens (tertiary/aromatic N) is 3. The maximum atomic E-state index is 13.6. The Morgan fingerprint density at radius 3 is 2.44 bits per heavy atom. The molecule has 0 radical (unpaired) electrons. The molecule has 3 rings (SSSR count). The summed E-state index contributed by atoms with van der Waals surface area (Å²) >= 11 is 3.29. The van der Waals surface area contributed by atoms with E-state index in [0.29, 0.717) is 11.1 Å². The van der Waals surface area contributed by atoms with E-state index >= 15 is 0 Å². The molecule has 164 valence electrons. The molecule has 3 aromatic rings. The molecule has 0 aliphatic rings. The van der Waals surface area contributed by atoms with Gasteiger partial charge in [-0.3, -0.25) is 14.8 Å². The first-order chi connectivity index (χ1) is 15.3. The quantitative estimate of drug-likeness (QED) is 0.437. The van der Waals surface area contributed by atoms with Crippen molar-refractivity contribution in [3.05, 3.63) is 94.5 Å². The SMILES string of the molecule is CN=C(/C=C(\Nc1ccc(NC(=O)c2cccc(Br)c2)nc1)C(F)(F)F)c1cccnc1. The smallest absolute Gasteiger partial charge is 0.350 e. The monoisotopic (exact) mass is 503 g/mol.